The van der Waals surface area contributed by atoms with Gasteiger partial charge in [-0.2, -0.15) is 0 Å². The van der Waals surface area contributed by atoms with Crippen LogP contribution in [0.4, 0.5) is 5.69 Å². The van der Waals surface area contributed by atoms with E-state index in [9.17, 15) is 0 Å². The maximum Gasteiger partial charge on any atom is 0.119 e. The number of hydrogen-bond donors (Lipinski definition) is 1. The molecule has 3 nitrogen and oxygen atoms in total. The van der Waals surface area contributed by atoms with Crippen molar-refractivity contribution in [3.8, 4) is 5.75 Å². The summed E-state index contributed by atoms with van der Waals surface area (Å²) in [5, 5.41) is 4.62. The number of hydrogen-bond acceptors (Lipinski definition) is 3. The number of anilines is 1. The SMILES string of the molecule is CCOc1ccc(CNc2cccc3ncccc23)cc1. The number of benzene rings is 2. The van der Waals surface area contributed by atoms with E-state index in [4.69, 9.17) is 4.74 Å². The molecule has 0 fully saturated rings. The van der Waals surface area contributed by atoms with E-state index in [1.807, 2.05) is 43.5 Å². The molecule has 0 spiro atoms. The smallest absolute Gasteiger partial charge is 0.119 e. The van der Waals surface area contributed by atoms with Crippen LogP contribution in [-0.4, -0.2) is 11.6 Å². The van der Waals surface area contributed by atoms with Crippen molar-refractivity contribution >= 4 is 16.6 Å². The Morgan fingerprint density at radius 1 is 1.00 bits per heavy atom. The zero-order valence-corrected chi connectivity index (χ0v) is 12.0. The summed E-state index contributed by atoms with van der Waals surface area (Å²) in [5.74, 6) is 0.913. The molecule has 1 heterocycles. The Kier molecular flexibility index (Phi) is 4.01. The summed E-state index contributed by atoms with van der Waals surface area (Å²) in [6.07, 6.45) is 1.82. The van der Waals surface area contributed by atoms with Crippen molar-refractivity contribution < 1.29 is 4.74 Å². The van der Waals surface area contributed by atoms with E-state index in [0.717, 1.165) is 28.9 Å². The van der Waals surface area contributed by atoms with Gasteiger partial charge in [-0.05, 0) is 48.9 Å². The molecule has 0 amide bonds. The van der Waals surface area contributed by atoms with E-state index in [2.05, 4.69) is 34.6 Å². The first-order valence-electron chi connectivity index (χ1n) is 7.16. The summed E-state index contributed by atoms with van der Waals surface area (Å²) in [5.41, 5.74) is 3.34. The molecular weight excluding hydrogens is 260 g/mol. The highest BCUT2D eigenvalue weighted by Crippen LogP contribution is 2.22. The summed E-state index contributed by atoms with van der Waals surface area (Å²) in [4.78, 5) is 4.37. The molecule has 0 aliphatic rings. The molecule has 3 aromatic rings. The van der Waals surface area contributed by atoms with Gasteiger partial charge < -0.3 is 10.1 Å². The van der Waals surface area contributed by atoms with Gasteiger partial charge in [0, 0.05) is 23.8 Å². The van der Waals surface area contributed by atoms with Crippen LogP contribution >= 0.6 is 0 Å². The minimum Gasteiger partial charge on any atom is -0.494 e. The Morgan fingerprint density at radius 3 is 2.67 bits per heavy atom. The molecule has 0 unspecified atom stereocenters. The van der Waals surface area contributed by atoms with Crippen LogP contribution in [0.1, 0.15) is 12.5 Å². The first kappa shape index (κ1) is 13.4. The second-order valence-electron chi connectivity index (χ2n) is 4.81. The maximum absolute atomic E-state index is 5.45. The van der Waals surface area contributed by atoms with Gasteiger partial charge >= 0.3 is 0 Å². The van der Waals surface area contributed by atoms with Gasteiger partial charge in [-0.15, -0.1) is 0 Å². The molecule has 0 aliphatic carbocycles. The Bertz CT molecular complexity index is 717. The molecule has 0 bridgehead atoms. The van der Waals surface area contributed by atoms with Crippen LogP contribution in [0.5, 0.6) is 5.75 Å². The van der Waals surface area contributed by atoms with Gasteiger partial charge in [-0.1, -0.05) is 18.2 Å². The molecule has 3 rings (SSSR count). The molecular formula is C18H18N2O. The van der Waals surface area contributed by atoms with Crippen LogP contribution < -0.4 is 10.1 Å². The predicted molar refractivity (Wildman–Crippen MR) is 86.7 cm³/mol. The van der Waals surface area contributed by atoms with Gasteiger partial charge in [0.1, 0.15) is 5.75 Å². The molecule has 2 aromatic carbocycles. The number of fused-ring (bicyclic) bond motifs is 1. The zero-order chi connectivity index (χ0) is 14.5. The van der Waals surface area contributed by atoms with E-state index in [1.54, 1.807) is 0 Å². The summed E-state index contributed by atoms with van der Waals surface area (Å²) in [6.45, 7) is 3.46. The Morgan fingerprint density at radius 2 is 1.86 bits per heavy atom. The van der Waals surface area contributed by atoms with E-state index in [-0.39, 0.29) is 0 Å². The van der Waals surface area contributed by atoms with Crippen molar-refractivity contribution in [2.75, 3.05) is 11.9 Å². The number of nitrogens with one attached hydrogen (secondary N) is 1. The fourth-order valence-electron chi connectivity index (χ4n) is 2.32. The highest BCUT2D eigenvalue weighted by molar-refractivity contribution is 5.91. The van der Waals surface area contributed by atoms with Crippen LogP contribution in [0.2, 0.25) is 0 Å². The molecule has 0 atom stereocenters. The van der Waals surface area contributed by atoms with Crippen molar-refractivity contribution in [2.24, 2.45) is 0 Å². The van der Waals surface area contributed by atoms with Crippen molar-refractivity contribution in [1.29, 1.82) is 0 Å². The Hall–Kier alpha value is -2.55. The van der Waals surface area contributed by atoms with Gasteiger partial charge in [0.25, 0.3) is 0 Å². The van der Waals surface area contributed by atoms with Crippen LogP contribution in [0.25, 0.3) is 10.9 Å². The number of aromatic nitrogens is 1. The minimum absolute atomic E-state index is 0.695. The lowest BCUT2D eigenvalue weighted by atomic mass is 10.1. The molecule has 21 heavy (non-hydrogen) atoms. The van der Waals surface area contributed by atoms with Gasteiger partial charge in [-0.3, -0.25) is 4.98 Å². The lowest BCUT2D eigenvalue weighted by Gasteiger charge is -2.10. The zero-order valence-electron chi connectivity index (χ0n) is 12.0. The van der Waals surface area contributed by atoms with Gasteiger partial charge in [0.2, 0.25) is 0 Å². The summed E-state index contributed by atoms with van der Waals surface area (Å²) in [7, 11) is 0. The molecule has 1 N–H and O–H groups in total. The van der Waals surface area contributed by atoms with E-state index in [0.29, 0.717) is 6.61 Å². The number of rotatable bonds is 5. The highest BCUT2D eigenvalue weighted by atomic mass is 16.5. The average molecular weight is 278 g/mol. The summed E-state index contributed by atoms with van der Waals surface area (Å²) >= 11 is 0. The van der Waals surface area contributed by atoms with E-state index >= 15 is 0 Å². The van der Waals surface area contributed by atoms with E-state index in [1.165, 1.54) is 5.56 Å². The first-order chi connectivity index (χ1) is 10.4. The predicted octanol–water partition coefficient (Wildman–Crippen LogP) is 4.25. The molecule has 0 radical (unpaired) electrons. The summed E-state index contributed by atoms with van der Waals surface area (Å²) < 4.78 is 5.45. The second kappa shape index (κ2) is 6.27. The number of ether oxygens (including phenoxy) is 1. The maximum atomic E-state index is 5.45. The molecule has 106 valence electrons. The fraction of sp³-hybridized carbons (Fsp3) is 0.167. The van der Waals surface area contributed by atoms with Gasteiger partial charge in [0.15, 0.2) is 0 Å². The first-order valence-corrected chi connectivity index (χ1v) is 7.16. The molecule has 1 aromatic heterocycles. The second-order valence-corrected chi connectivity index (χ2v) is 4.81. The van der Waals surface area contributed by atoms with Crippen molar-refractivity contribution in [2.45, 2.75) is 13.5 Å². The largest absolute Gasteiger partial charge is 0.494 e. The lowest BCUT2D eigenvalue weighted by molar-refractivity contribution is 0.340. The van der Waals surface area contributed by atoms with Crippen molar-refractivity contribution in [3.63, 3.8) is 0 Å². The monoisotopic (exact) mass is 278 g/mol. The fourth-order valence-corrected chi connectivity index (χ4v) is 2.32. The third-order valence-electron chi connectivity index (χ3n) is 3.36. The number of nitrogens with zero attached hydrogens (tertiary/aromatic N) is 1. The van der Waals surface area contributed by atoms with Crippen LogP contribution in [0, 0.1) is 0 Å². The standard InChI is InChI=1S/C18H18N2O/c1-2-21-15-10-8-14(9-11-15)13-20-18-7-3-6-17-16(18)5-4-12-19-17/h3-12,20H,2,13H2,1H3. The molecule has 0 saturated carbocycles. The van der Waals surface area contributed by atoms with Crippen molar-refractivity contribution in [3.05, 3.63) is 66.4 Å². The highest BCUT2D eigenvalue weighted by Gasteiger charge is 2.01. The third kappa shape index (κ3) is 3.14. The quantitative estimate of drug-likeness (QED) is 0.757. The topological polar surface area (TPSA) is 34.1 Å². The Labute approximate surface area is 124 Å². The molecule has 3 heteroatoms. The molecule has 0 aliphatic heterocycles. The third-order valence-corrected chi connectivity index (χ3v) is 3.36. The average Bonchev–Trinajstić information content (AvgIpc) is 2.54. The minimum atomic E-state index is 0.695. The molecule has 0 saturated heterocycles. The van der Waals surface area contributed by atoms with Crippen LogP contribution in [0.15, 0.2) is 60.8 Å². The summed E-state index contributed by atoms with van der Waals surface area (Å²) in [6, 6.07) is 18.4. The normalized spacial score (nSPS) is 10.5. The van der Waals surface area contributed by atoms with E-state index < -0.39 is 0 Å². The van der Waals surface area contributed by atoms with Crippen LogP contribution in [0.3, 0.4) is 0 Å². The van der Waals surface area contributed by atoms with Crippen LogP contribution in [-0.2, 0) is 6.54 Å². The van der Waals surface area contributed by atoms with Gasteiger partial charge in [0.05, 0.1) is 12.1 Å². The lowest BCUT2D eigenvalue weighted by Crippen LogP contribution is -2.00. The Balaban J connectivity index is 1.74. The van der Waals surface area contributed by atoms with Crippen molar-refractivity contribution in [1.82, 2.24) is 4.98 Å². The number of pyridine rings is 1. The van der Waals surface area contributed by atoms with Gasteiger partial charge in [-0.25, -0.2) is 0 Å².